The van der Waals surface area contributed by atoms with E-state index < -0.39 is 6.85 Å². The first-order valence-electron chi connectivity index (χ1n) is 10.6. The second-order valence-corrected chi connectivity index (χ2v) is 8.24. The number of aromatic nitrogens is 1. The van der Waals surface area contributed by atoms with Gasteiger partial charge in [-0.25, -0.2) is 4.57 Å². The van der Waals surface area contributed by atoms with Gasteiger partial charge in [-0.2, -0.15) is 0 Å². The number of nitrogens with zero attached hydrogens (tertiary/aromatic N) is 1. The maximum atomic E-state index is 8.08. The molecular formula is C25H30N+. The van der Waals surface area contributed by atoms with Gasteiger partial charge >= 0.3 is 0 Å². The van der Waals surface area contributed by atoms with Crippen LogP contribution in [0.3, 0.4) is 0 Å². The minimum atomic E-state index is -2.17. The zero-order chi connectivity index (χ0) is 21.6. The molecule has 2 aromatic carbocycles. The normalized spacial score (nSPS) is 13.8. The van der Waals surface area contributed by atoms with E-state index in [2.05, 4.69) is 56.5 Å². The van der Waals surface area contributed by atoms with Crippen LogP contribution in [0.2, 0.25) is 0 Å². The molecule has 0 aliphatic carbocycles. The predicted octanol–water partition coefficient (Wildman–Crippen LogP) is 6.07. The summed E-state index contributed by atoms with van der Waals surface area (Å²) in [6, 6.07) is 16.4. The Balaban J connectivity index is 2.25. The number of aryl methyl sites for hydroxylation is 4. The molecule has 0 unspecified atom stereocenters. The van der Waals surface area contributed by atoms with E-state index in [-0.39, 0.29) is 5.41 Å². The van der Waals surface area contributed by atoms with E-state index in [0.29, 0.717) is 5.56 Å². The van der Waals surface area contributed by atoms with Crippen LogP contribution in [0.4, 0.5) is 0 Å². The van der Waals surface area contributed by atoms with Crippen molar-refractivity contribution in [3.05, 3.63) is 77.0 Å². The fraction of sp³-hybridized carbons (Fsp3) is 0.320. The average Bonchev–Trinajstić information content (AvgIpc) is 2.62. The van der Waals surface area contributed by atoms with Crippen molar-refractivity contribution in [1.82, 2.24) is 0 Å². The molecule has 3 aromatic rings. The molecule has 0 bridgehead atoms. The zero-order valence-electron chi connectivity index (χ0n) is 19.6. The molecule has 0 N–H and O–H groups in total. The van der Waals surface area contributed by atoms with Gasteiger partial charge in [-0.15, -0.1) is 0 Å². The van der Waals surface area contributed by atoms with E-state index >= 15 is 0 Å². The number of benzene rings is 2. The third-order valence-electron chi connectivity index (χ3n) is 5.01. The lowest BCUT2D eigenvalue weighted by Crippen LogP contribution is -2.30. The van der Waals surface area contributed by atoms with Crippen molar-refractivity contribution in [2.75, 3.05) is 0 Å². The smallest absolute Gasteiger partial charge is 0.201 e. The summed E-state index contributed by atoms with van der Waals surface area (Å²) in [6.45, 7) is 8.42. The summed E-state index contributed by atoms with van der Waals surface area (Å²) in [6.07, 6.45) is 2.04. The lowest BCUT2D eigenvalue weighted by atomic mass is 9.85. The van der Waals surface area contributed by atoms with Crippen molar-refractivity contribution in [3.8, 4) is 22.4 Å². The molecular weight excluding hydrogens is 314 g/mol. The Labute approximate surface area is 162 Å². The largest absolute Gasteiger partial charge is 0.212 e. The van der Waals surface area contributed by atoms with E-state index in [1.807, 2.05) is 44.4 Å². The lowest BCUT2D eigenvalue weighted by molar-refractivity contribution is -0.660. The molecule has 0 aliphatic rings. The van der Waals surface area contributed by atoms with Gasteiger partial charge in [0.1, 0.15) is 7.05 Å². The number of pyridine rings is 1. The highest BCUT2D eigenvalue weighted by Crippen LogP contribution is 2.32. The Morgan fingerprint density at radius 3 is 2.15 bits per heavy atom. The number of rotatable bonds is 2. The monoisotopic (exact) mass is 347 g/mol. The Morgan fingerprint density at radius 2 is 1.54 bits per heavy atom. The van der Waals surface area contributed by atoms with Gasteiger partial charge in [0.05, 0.1) is 0 Å². The second-order valence-electron chi connectivity index (χ2n) is 8.24. The van der Waals surface area contributed by atoms with Gasteiger partial charge in [-0.3, -0.25) is 0 Å². The molecule has 1 nitrogen and oxygen atoms in total. The average molecular weight is 348 g/mol. The summed E-state index contributed by atoms with van der Waals surface area (Å²) in [5.74, 6) is 0. The molecule has 0 fully saturated rings. The van der Waals surface area contributed by atoms with Gasteiger partial charge in [-0.05, 0) is 65.6 Å². The van der Waals surface area contributed by atoms with Crippen molar-refractivity contribution < 1.29 is 8.68 Å². The molecule has 3 rings (SSSR count). The first-order chi connectivity index (χ1) is 13.4. The molecule has 0 atom stereocenters. The van der Waals surface area contributed by atoms with Crippen molar-refractivity contribution in [2.24, 2.45) is 7.05 Å². The molecule has 1 heterocycles. The van der Waals surface area contributed by atoms with Gasteiger partial charge in [-0.1, -0.05) is 51.1 Å². The summed E-state index contributed by atoms with van der Waals surface area (Å²) in [5.41, 5.74) is 7.66. The molecule has 0 saturated carbocycles. The highest BCUT2D eigenvalue weighted by atomic mass is 14.9. The van der Waals surface area contributed by atoms with Crippen LogP contribution in [0.25, 0.3) is 22.4 Å². The van der Waals surface area contributed by atoms with Crippen LogP contribution in [0.1, 0.15) is 47.1 Å². The van der Waals surface area contributed by atoms with Crippen molar-refractivity contribution in [3.63, 3.8) is 0 Å². The molecule has 26 heavy (non-hydrogen) atoms. The third-order valence-corrected chi connectivity index (χ3v) is 5.01. The highest BCUT2D eigenvalue weighted by molar-refractivity contribution is 5.75. The van der Waals surface area contributed by atoms with Crippen molar-refractivity contribution in [2.45, 2.75) is 46.9 Å². The lowest BCUT2D eigenvalue weighted by Gasteiger charge is -2.19. The van der Waals surface area contributed by atoms with Crippen molar-refractivity contribution in [1.29, 1.82) is 0 Å². The molecule has 0 spiro atoms. The van der Waals surface area contributed by atoms with Gasteiger partial charge in [0.15, 0.2) is 6.20 Å². The number of hydrogen-bond acceptors (Lipinski definition) is 0. The van der Waals surface area contributed by atoms with Crippen LogP contribution in [0.5, 0.6) is 0 Å². The third kappa shape index (κ3) is 3.58. The van der Waals surface area contributed by atoms with E-state index in [1.165, 1.54) is 11.1 Å². The molecule has 0 amide bonds. The Bertz CT molecular complexity index is 1040. The molecule has 0 aliphatic heterocycles. The first-order valence-corrected chi connectivity index (χ1v) is 9.10. The van der Waals surface area contributed by atoms with E-state index in [4.69, 9.17) is 4.11 Å². The quantitative estimate of drug-likeness (QED) is 0.495. The minimum absolute atomic E-state index is 0.0547. The van der Waals surface area contributed by atoms with E-state index in [0.717, 1.165) is 27.9 Å². The van der Waals surface area contributed by atoms with E-state index in [9.17, 15) is 0 Å². The minimum Gasteiger partial charge on any atom is -0.201 e. The van der Waals surface area contributed by atoms with Gasteiger partial charge in [0, 0.05) is 21.8 Å². The van der Waals surface area contributed by atoms with Crippen LogP contribution < -0.4 is 4.57 Å². The van der Waals surface area contributed by atoms with Gasteiger partial charge in [0.2, 0.25) is 5.69 Å². The fourth-order valence-corrected chi connectivity index (χ4v) is 3.32. The summed E-state index contributed by atoms with van der Waals surface area (Å²) in [7, 11) is 2.02. The second kappa shape index (κ2) is 6.72. The topological polar surface area (TPSA) is 3.88 Å². The summed E-state index contributed by atoms with van der Waals surface area (Å²) in [5, 5.41) is 0. The first kappa shape index (κ1) is 14.7. The molecule has 0 saturated heterocycles. The molecule has 134 valence electrons. The van der Waals surface area contributed by atoms with Crippen LogP contribution >= 0.6 is 0 Å². The Kier molecular flexibility index (Phi) is 3.81. The maximum Gasteiger partial charge on any atom is 0.212 e. The maximum absolute atomic E-state index is 8.08. The summed E-state index contributed by atoms with van der Waals surface area (Å²) >= 11 is 0. The standard InChI is InChI=1S/C25H30N/c1-17-12-13-26(7)24(14-17)23-16-22(18(2)15-19(23)3)20-8-10-21(11-9-20)25(4,5)6/h8-16H,1-7H3/q+1/i2D3. The van der Waals surface area contributed by atoms with E-state index in [1.54, 1.807) is 0 Å². The molecule has 1 aromatic heterocycles. The van der Waals surface area contributed by atoms with Crippen LogP contribution in [0.15, 0.2) is 54.7 Å². The van der Waals surface area contributed by atoms with Crippen LogP contribution in [-0.2, 0) is 12.5 Å². The predicted molar refractivity (Wildman–Crippen MR) is 111 cm³/mol. The zero-order valence-corrected chi connectivity index (χ0v) is 16.6. The molecule has 1 heteroatoms. The van der Waals surface area contributed by atoms with Crippen molar-refractivity contribution >= 4 is 0 Å². The van der Waals surface area contributed by atoms with Crippen LogP contribution in [-0.4, -0.2) is 0 Å². The Hall–Kier alpha value is -2.41. The summed E-state index contributed by atoms with van der Waals surface area (Å²) in [4.78, 5) is 0. The summed E-state index contributed by atoms with van der Waals surface area (Å²) < 4.78 is 26.3. The Morgan fingerprint density at radius 1 is 0.846 bits per heavy atom. The fourth-order valence-electron chi connectivity index (χ4n) is 3.32. The number of hydrogen-bond donors (Lipinski definition) is 0. The van der Waals surface area contributed by atoms with Gasteiger partial charge in [0.25, 0.3) is 0 Å². The highest BCUT2D eigenvalue weighted by Gasteiger charge is 2.17. The SMILES string of the molecule is [2H]C([2H])([2H])c1cc(C)c(-c2cc(C)cc[n+]2C)cc1-c1ccc(C(C)(C)C)cc1. The van der Waals surface area contributed by atoms with Gasteiger partial charge < -0.3 is 0 Å². The molecule has 0 radical (unpaired) electrons. The van der Waals surface area contributed by atoms with Crippen LogP contribution in [0, 0.1) is 20.7 Å².